The molecule has 0 aliphatic carbocycles. The summed E-state index contributed by atoms with van der Waals surface area (Å²) < 4.78 is 3.55. The maximum atomic E-state index is 5.32. The first-order valence-electron chi connectivity index (χ1n) is 2.20. The van der Waals surface area contributed by atoms with E-state index in [1.807, 2.05) is 6.92 Å². The molecule has 0 spiro atoms. The van der Waals surface area contributed by atoms with Crippen LogP contribution in [0, 0.1) is 0 Å². The number of ether oxygens (including phenoxy) is 1. The van der Waals surface area contributed by atoms with E-state index in [1.54, 1.807) is 0 Å². The Kier molecular flexibility index (Phi) is 9.48. The molecule has 9 heavy (non-hydrogen) atoms. The largest absolute Gasteiger partial charge is 0.377 e. The maximum absolute atomic E-state index is 5.32. The van der Waals surface area contributed by atoms with Crippen LogP contribution in [0.1, 0.15) is 6.92 Å². The topological polar surface area (TPSA) is 9.23 Å². The first-order valence-corrected chi connectivity index (χ1v) is 3.34. The fourth-order valence-corrected chi connectivity index (χ4v) is 0.449. The van der Waals surface area contributed by atoms with Crippen molar-refractivity contribution in [1.82, 2.24) is 0 Å². The van der Waals surface area contributed by atoms with Crippen molar-refractivity contribution in [2.75, 3.05) is 13.2 Å². The van der Waals surface area contributed by atoms with Crippen molar-refractivity contribution in [3.63, 3.8) is 0 Å². The van der Waals surface area contributed by atoms with Crippen LogP contribution >= 0.6 is 34.8 Å². The van der Waals surface area contributed by atoms with E-state index < -0.39 is 3.79 Å². The van der Waals surface area contributed by atoms with E-state index in [1.165, 1.54) is 0 Å². The molecule has 0 heterocycles. The Bertz CT molecular complexity index is 63.3. The Labute approximate surface area is 88.8 Å². The number of halogens is 3. The normalized spacial score (nSPS) is 10.7. The van der Waals surface area contributed by atoms with Gasteiger partial charge in [0.15, 0.2) is 0 Å². The molecular formula is C4H7Cl3HfO. The van der Waals surface area contributed by atoms with Gasteiger partial charge >= 0.3 is 0 Å². The molecule has 54 valence electrons. The van der Waals surface area contributed by atoms with Crippen molar-refractivity contribution in [1.29, 1.82) is 0 Å². The molecule has 5 heteroatoms. The molecule has 0 radical (unpaired) electrons. The van der Waals surface area contributed by atoms with E-state index in [9.17, 15) is 0 Å². The first kappa shape index (κ1) is 13.3. The molecular weight excluding hydrogens is 349 g/mol. The van der Waals surface area contributed by atoms with Crippen molar-refractivity contribution < 1.29 is 30.6 Å². The van der Waals surface area contributed by atoms with Crippen LogP contribution < -0.4 is 0 Å². The van der Waals surface area contributed by atoms with Crippen LogP contribution in [0.5, 0.6) is 0 Å². The van der Waals surface area contributed by atoms with Crippen LogP contribution in [0.2, 0.25) is 0 Å². The molecule has 0 rings (SSSR count). The first-order chi connectivity index (χ1) is 3.56. The summed E-state index contributed by atoms with van der Waals surface area (Å²) in [7, 11) is 0. The summed E-state index contributed by atoms with van der Waals surface area (Å²) >= 11 is 16.0. The van der Waals surface area contributed by atoms with E-state index in [-0.39, 0.29) is 32.5 Å². The third kappa shape index (κ3) is 12.8. The zero-order valence-electron chi connectivity index (χ0n) is 4.96. The average molecular weight is 356 g/mol. The zero-order chi connectivity index (χ0) is 6.62. The number of hydrogen-bond acceptors (Lipinski definition) is 1. The van der Waals surface area contributed by atoms with Gasteiger partial charge in [-0.3, -0.25) is 0 Å². The summed E-state index contributed by atoms with van der Waals surface area (Å²) in [5, 5.41) is 0. The zero-order valence-corrected chi connectivity index (χ0v) is 10.8. The SMILES string of the molecule is CCOCC(Cl)(Cl)Cl.[Hf]. The molecule has 0 unspecified atom stereocenters. The molecule has 0 amide bonds. The smallest absolute Gasteiger partial charge is 0.213 e. The van der Waals surface area contributed by atoms with Crippen LogP contribution in [0.25, 0.3) is 0 Å². The Balaban J connectivity index is 0. The second-order valence-corrected chi connectivity index (χ2v) is 3.77. The van der Waals surface area contributed by atoms with E-state index >= 15 is 0 Å². The molecule has 0 fully saturated rings. The van der Waals surface area contributed by atoms with Gasteiger partial charge in [-0.15, -0.1) is 0 Å². The maximum Gasteiger partial charge on any atom is 0.213 e. The summed E-state index contributed by atoms with van der Waals surface area (Å²) in [4.78, 5) is 0. The van der Waals surface area contributed by atoms with Gasteiger partial charge in [-0.05, 0) is 6.92 Å². The van der Waals surface area contributed by atoms with Gasteiger partial charge in [0.25, 0.3) is 0 Å². The van der Waals surface area contributed by atoms with Gasteiger partial charge in [0, 0.05) is 32.5 Å². The van der Waals surface area contributed by atoms with Crippen molar-refractivity contribution in [2.24, 2.45) is 0 Å². The van der Waals surface area contributed by atoms with Crippen molar-refractivity contribution in [2.45, 2.75) is 10.7 Å². The fourth-order valence-electron chi connectivity index (χ4n) is 0.218. The molecule has 1 nitrogen and oxygen atoms in total. The van der Waals surface area contributed by atoms with Crippen LogP contribution in [-0.4, -0.2) is 17.0 Å². The quantitative estimate of drug-likeness (QED) is 0.546. The molecule has 0 saturated heterocycles. The van der Waals surface area contributed by atoms with Gasteiger partial charge in [0.2, 0.25) is 3.79 Å². The van der Waals surface area contributed by atoms with Gasteiger partial charge in [-0.25, -0.2) is 0 Å². The minimum Gasteiger partial charge on any atom is -0.377 e. The molecule has 0 bridgehead atoms. The van der Waals surface area contributed by atoms with Crippen molar-refractivity contribution in [3.8, 4) is 0 Å². The molecule has 0 saturated carbocycles. The van der Waals surface area contributed by atoms with E-state index in [2.05, 4.69) is 0 Å². The van der Waals surface area contributed by atoms with E-state index in [0.717, 1.165) is 0 Å². The van der Waals surface area contributed by atoms with Crippen molar-refractivity contribution in [3.05, 3.63) is 0 Å². The molecule has 0 aromatic carbocycles. The Morgan fingerprint density at radius 1 is 1.33 bits per heavy atom. The third-order valence-corrected chi connectivity index (χ3v) is 0.797. The molecule has 0 aromatic heterocycles. The molecule has 0 aliphatic rings. The summed E-state index contributed by atoms with van der Waals surface area (Å²) in [6.07, 6.45) is 0. The van der Waals surface area contributed by atoms with E-state index in [4.69, 9.17) is 39.5 Å². The minimum absolute atomic E-state index is 0. The summed E-state index contributed by atoms with van der Waals surface area (Å²) in [5.41, 5.74) is 0. The van der Waals surface area contributed by atoms with Gasteiger partial charge in [0.05, 0.1) is 6.61 Å². The molecule has 0 atom stereocenters. The second kappa shape index (κ2) is 6.41. The minimum atomic E-state index is -1.25. The van der Waals surface area contributed by atoms with Crippen LogP contribution in [0.4, 0.5) is 0 Å². The Morgan fingerprint density at radius 3 is 1.89 bits per heavy atom. The van der Waals surface area contributed by atoms with Crippen LogP contribution in [-0.2, 0) is 30.6 Å². The standard InChI is InChI=1S/C4H7Cl3O.Hf/c1-2-8-3-4(5,6)7;/h2-3H2,1H3;. The Morgan fingerprint density at radius 2 is 1.78 bits per heavy atom. The van der Waals surface area contributed by atoms with Gasteiger partial charge in [-0.1, -0.05) is 34.8 Å². The van der Waals surface area contributed by atoms with E-state index in [0.29, 0.717) is 6.61 Å². The van der Waals surface area contributed by atoms with Gasteiger partial charge in [-0.2, -0.15) is 0 Å². The van der Waals surface area contributed by atoms with Gasteiger partial charge < -0.3 is 4.74 Å². The monoisotopic (exact) mass is 356 g/mol. The van der Waals surface area contributed by atoms with Crippen molar-refractivity contribution >= 4 is 34.8 Å². The predicted octanol–water partition coefficient (Wildman–Crippen LogP) is 2.39. The third-order valence-electron chi connectivity index (χ3n) is 0.470. The average Bonchev–Trinajstić information content (AvgIpc) is 1.59. The summed E-state index contributed by atoms with van der Waals surface area (Å²) in [6.45, 7) is 2.58. The number of alkyl halides is 3. The van der Waals surface area contributed by atoms with Crippen LogP contribution in [0.15, 0.2) is 0 Å². The number of rotatable bonds is 2. The van der Waals surface area contributed by atoms with Crippen LogP contribution in [0.3, 0.4) is 0 Å². The Hall–Kier alpha value is 1.70. The molecule has 0 aliphatic heterocycles. The number of hydrogen-bond donors (Lipinski definition) is 0. The fraction of sp³-hybridized carbons (Fsp3) is 1.00. The molecule has 0 aromatic rings. The van der Waals surface area contributed by atoms with Gasteiger partial charge in [0.1, 0.15) is 0 Å². The molecule has 0 N–H and O–H groups in total. The summed E-state index contributed by atoms with van der Waals surface area (Å²) in [6, 6.07) is 0. The predicted molar refractivity (Wildman–Crippen MR) is 36.8 cm³/mol. The summed E-state index contributed by atoms with van der Waals surface area (Å²) in [5.74, 6) is 0. The second-order valence-electron chi connectivity index (χ2n) is 1.25.